The molecule has 0 saturated heterocycles. The summed E-state index contributed by atoms with van der Waals surface area (Å²) in [5.74, 6) is 1.42. The quantitative estimate of drug-likeness (QED) is 0.743. The first-order valence-electron chi connectivity index (χ1n) is 9.11. The van der Waals surface area contributed by atoms with Crippen LogP contribution in [-0.2, 0) is 26.9 Å². The van der Waals surface area contributed by atoms with E-state index in [1.165, 1.54) is 18.4 Å². The Bertz CT molecular complexity index is 918. The van der Waals surface area contributed by atoms with Crippen LogP contribution in [0.4, 0.5) is 10.5 Å². The average molecular weight is 365 g/mol. The molecular weight excluding hydrogens is 342 g/mol. The molecule has 1 aliphatic carbocycles. The van der Waals surface area contributed by atoms with Crippen LogP contribution in [0.2, 0.25) is 0 Å². The molecule has 0 spiro atoms. The van der Waals surface area contributed by atoms with Gasteiger partial charge in [-0.25, -0.2) is 14.8 Å². The first kappa shape index (κ1) is 17.3. The summed E-state index contributed by atoms with van der Waals surface area (Å²) in [5, 5.41) is 5.89. The van der Waals surface area contributed by atoms with Crippen molar-refractivity contribution in [2.75, 3.05) is 5.32 Å². The highest BCUT2D eigenvalue weighted by Gasteiger charge is 2.24. The predicted molar refractivity (Wildman–Crippen MR) is 101 cm³/mol. The summed E-state index contributed by atoms with van der Waals surface area (Å²) in [4.78, 5) is 26.0. The predicted octanol–water partition coefficient (Wildman–Crippen LogP) is 2.34. The van der Waals surface area contributed by atoms with Crippen LogP contribution in [0.3, 0.4) is 0 Å². The Balaban J connectivity index is 1.54. The third kappa shape index (κ3) is 3.55. The Morgan fingerprint density at radius 3 is 2.33 bits per heavy atom. The third-order valence-corrected chi connectivity index (χ3v) is 4.94. The van der Waals surface area contributed by atoms with E-state index >= 15 is 0 Å². The number of hydrogen-bond donors (Lipinski definition) is 2. The molecule has 140 valence electrons. The maximum absolute atomic E-state index is 12.7. The van der Waals surface area contributed by atoms with Crippen molar-refractivity contribution >= 4 is 11.7 Å². The van der Waals surface area contributed by atoms with E-state index < -0.39 is 6.04 Å². The lowest BCUT2D eigenvalue weighted by Crippen LogP contribution is -2.36. The molecule has 0 unspecified atom stereocenters. The molecule has 1 aliphatic rings. The fourth-order valence-corrected chi connectivity index (χ4v) is 3.51. The molecule has 0 bridgehead atoms. The van der Waals surface area contributed by atoms with Crippen LogP contribution in [0, 0.1) is 0 Å². The van der Waals surface area contributed by atoms with E-state index in [4.69, 9.17) is 0 Å². The summed E-state index contributed by atoms with van der Waals surface area (Å²) in [7, 11) is 3.79. The van der Waals surface area contributed by atoms with Gasteiger partial charge in [0.2, 0.25) is 0 Å². The summed E-state index contributed by atoms with van der Waals surface area (Å²) in [6, 6.07) is 1.25. The number of pyridine rings is 1. The molecule has 3 aromatic rings. The maximum Gasteiger partial charge on any atom is 0.320 e. The number of amides is 2. The first-order valence-corrected chi connectivity index (χ1v) is 9.11. The van der Waals surface area contributed by atoms with Gasteiger partial charge in [-0.05, 0) is 37.3 Å². The van der Waals surface area contributed by atoms with E-state index in [-0.39, 0.29) is 6.03 Å². The van der Waals surface area contributed by atoms with Crippen molar-refractivity contribution in [1.29, 1.82) is 0 Å². The monoisotopic (exact) mass is 365 g/mol. The van der Waals surface area contributed by atoms with Crippen LogP contribution in [-0.4, -0.2) is 30.1 Å². The standard InChI is InChI=1S/C19H23N7O/c1-25-9-7-20-17(25)16(18-21-8-10-26(18)2)24-19(27)23-14-11-13-5-3-4-6-15(13)22-12-14/h7-12,16H,3-6H2,1-2H3,(H2,23,24,27). The van der Waals surface area contributed by atoms with E-state index in [1.54, 1.807) is 18.6 Å². The number of aryl methyl sites for hydroxylation is 4. The molecule has 2 amide bonds. The lowest BCUT2D eigenvalue weighted by molar-refractivity contribution is 0.249. The van der Waals surface area contributed by atoms with Crippen molar-refractivity contribution in [3.8, 4) is 0 Å². The van der Waals surface area contributed by atoms with Gasteiger partial charge in [0, 0.05) is 44.6 Å². The smallest absolute Gasteiger partial charge is 0.320 e. The second-order valence-corrected chi connectivity index (χ2v) is 6.86. The zero-order chi connectivity index (χ0) is 18.8. The molecule has 8 nitrogen and oxygen atoms in total. The minimum absolute atomic E-state index is 0.316. The second kappa shape index (κ2) is 7.22. The van der Waals surface area contributed by atoms with E-state index in [0.29, 0.717) is 17.3 Å². The fourth-order valence-electron chi connectivity index (χ4n) is 3.51. The van der Waals surface area contributed by atoms with Crippen molar-refractivity contribution in [3.05, 3.63) is 60.0 Å². The van der Waals surface area contributed by atoms with Crippen molar-refractivity contribution in [2.45, 2.75) is 31.7 Å². The van der Waals surface area contributed by atoms with E-state index in [0.717, 1.165) is 18.5 Å². The largest absolute Gasteiger partial charge is 0.336 e. The summed E-state index contributed by atoms with van der Waals surface area (Å²) < 4.78 is 3.75. The van der Waals surface area contributed by atoms with Gasteiger partial charge in [0.1, 0.15) is 17.7 Å². The van der Waals surface area contributed by atoms with E-state index in [1.807, 2.05) is 41.7 Å². The zero-order valence-electron chi connectivity index (χ0n) is 15.5. The minimum atomic E-state index is -0.462. The van der Waals surface area contributed by atoms with Crippen molar-refractivity contribution < 1.29 is 4.79 Å². The topological polar surface area (TPSA) is 89.7 Å². The molecule has 4 rings (SSSR count). The number of nitrogens with one attached hydrogen (secondary N) is 2. The van der Waals surface area contributed by atoms with Gasteiger partial charge in [0.25, 0.3) is 0 Å². The zero-order valence-corrected chi connectivity index (χ0v) is 15.5. The van der Waals surface area contributed by atoms with Crippen molar-refractivity contribution in [1.82, 2.24) is 29.4 Å². The van der Waals surface area contributed by atoms with Gasteiger partial charge < -0.3 is 19.8 Å². The van der Waals surface area contributed by atoms with Crippen LogP contribution in [0.25, 0.3) is 0 Å². The van der Waals surface area contributed by atoms with Crippen molar-refractivity contribution in [2.24, 2.45) is 14.1 Å². The van der Waals surface area contributed by atoms with Crippen LogP contribution in [0.15, 0.2) is 37.1 Å². The number of anilines is 1. The van der Waals surface area contributed by atoms with Gasteiger partial charge in [0.15, 0.2) is 0 Å². The lowest BCUT2D eigenvalue weighted by Gasteiger charge is -2.19. The van der Waals surface area contributed by atoms with Gasteiger partial charge in [-0.3, -0.25) is 4.98 Å². The van der Waals surface area contributed by atoms with Crippen LogP contribution >= 0.6 is 0 Å². The van der Waals surface area contributed by atoms with Gasteiger partial charge in [0.05, 0.1) is 11.9 Å². The van der Waals surface area contributed by atoms with Crippen LogP contribution in [0.1, 0.15) is 41.8 Å². The Labute approximate surface area is 157 Å². The Kier molecular flexibility index (Phi) is 4.62. The first-order chi connectivity index (χ1) is 13.1. The fraction of sp³-hybridized carbons (Fsp3) is 0.368. The van der Waals surface area contributed by atoms with Gasteiger partial charge >= 0.3 is 6.03 Å². The highest BCUT2D eigenvalue weighted by atomic mass is 16.2. The number of aromatic nitrogens is 5. The number of nitrogens with zero attached hydrogens (tertiary/aromatic N) is 5. The Morgan fingerprint density at radius 1 is 1.04 bits per heavy atom. The maximum atomic E-state index is 12.7. The highest BCUT2D eigenvalue weighted by molar-refractivity contribution is 5.89. The molecule has 0 atom stereocenters. The van der Waals surface area contributed by atoms with E-state index in [2.05, 4.69) is 25.6 Å². The third-order valence-electron chi connectivity index (χ3n) is 4.94. The Hall–Kier alpha value is -3.16. The number of carbonyl (C=O) groups excluding carboxylic acids is 1. The number of fused-ring (bicyclic) bond motifs is 1. The van der Waals surface area contributed by atoms with Crippen LogP contribution < -0.4 is 10.6 Å². The minimum Gasteiger partial charge on any atom is -0.336 e. The summed E-state index contributed by atoms with van der Waals surface area (Å²) >= 11 is 0. The molecule has 3 aromatic heterocycles. The SMILES string of the molecule is Cn1ccnc1C(NC(=O)Nc1cnc2c(c1)CCCC2)c1nccn1C. The van der Waals surface area contributed by atoms with Crippen molar-refractivity contribution in [3.63, 3.8) is 0 Å². The van der Waals surface area contributed by atoms with Gasteiger partial charge in [-0.1, -0.05) is 0 Å². The summed E-state index contributed by atoms with van der Waals surface area (Å²) in [6.45, 7) is 0. The molecule has 0 aromatic carbocycles. The molecule has 0 radical (unpaired) electrons. The molecular formula is C19H23N7O. The number of carbonyl (C=O) groups is 1. The number of hydrogen-bond acceptors (Lipinski definition) is 4. The number of rotatable bonds is 4. The average Bonchev–Trinajstić information content (AvgIpc) is 3.28. The van der Waals surface area contributed by atoms with Crippen LogP contribution in [0.5, 0.6) is 0 Å². The van der Waals surface area contributed by atoms with Gasteiger partial charge in [-0.2, -0.15) is 0 Å². The molecule has 0 aliphatic heterocycles. The second-order valence-electron chi connectivity index (χ2n) is 6.86. The highest BCUT2D eigenvalue weighted by Crippen LogP contribution is 2.23. The summed E-state index contributed by atoms with van der Waals surface area (Å²) in [6.07, 6.45) is 13.2. The molecule has 27 heavy (non-hydrogen) atoms. The molecule has 0 fully saturated rings. The molecule has 2 N–H and O–H groups in total. The van der Waals surface area contributed by atoms with Gasteiger partial charge in [-0.15, -0.1) is 0 Å². The molecule has 8 heteroatoms. The lowest BCUT2D eigenvalue weighted by atomic mass is 9.96. The molecule has 0 saturated carbocycles. The number of urea groups is 1. The number of imidazole rings is 2. The van der Waals surface area contributed by atoms with E-state index in [9.17, 15) is 4.79 Å². The molecule has 3 heterocycles. The summed E-state index contributed by atoms with van der Waals surface area (Å²) in [5.41, 5.74) is 3.07. The normalized spacial score (nSPS) is 13.4. The Morgan fingerprint density at radius 2 is 1.70 bits per heavy atom.